The van der Waals surface area contributed by atoms with Gasteiger partial charge >= 0.3 is 5.97 Å². The minimum absolute atomic E-state index is 0.00702. The molecule has 0 radical (unpaired) electrons. The molecule has 0 aliphatic carbocycles. The second-order valence-corrected chi connectivity index (χ2v) is 7.35. The van der Waals surface area contributed by atoms with Crippen molar-refractivity contribution in [3.63, 3.8) is 0 Å². The Morgan fingerprint density at radius 1 is 1.55 bits per heavy atom. The number of carboxylic acids is 1. The molecule has 1 aliphatic rings. The number of nitrogens with zero attached hydrogens (tertiary/aromatic N) is 1. The molecule has 1 aromatic rings. The number of carboxylic acid groups (broad SMARTS) is 1. The highest BCUT2D eigenvalue weighted by atomic mass is 32.2. The quantitative estimate of drug-likeness (QED) is 0.882. The molecular weight excluding hydrogens is 282 g/mol. The zero-order valence-corrected chi connectivity index (χ0v) is 12.4. The summed E-state index contributed by atoms with van der Waals surface area (Å²) in [5.74, 6) is -0.178. The highest BCUT2D eigenvalue weighted by Gasteiger charge is 2.32. The second-order valence-electron chi connectivity index (χ2n) is 5.12. The predicted octanol–water partition coefficient (Wildman–Crippen LogP) is 1.30. The van der Waals surface area contributed by atoms with E-state index in [1.54, 1.807) is 6.92 Å². The van der Waals surface area contributed by atoms with Crippen LogP contribution in [-0.2, 0) is 16.4 Å². The van der Waals surface area contributed by atoms with E-state index >= 15 is 0 Å². The maximum Gasteiger partial charge on any atom is 0.371 e. The molecular formula is C13H19NO5S. The number of furan rings is 1. The number of hydrogen-bond acceptors (Lipinski definition) is 5. The molecule has 0 amide bonds. The molecule has 2 heterocycles. The summed E-state index contributed by atoms with van der Waals surface area (Å²) in [5.41, 5.74) is 0.800. The van der Waals surface area contributed by atoms with Crippen LogP contribution >= 0.6 is 0 Å². The predicted molar refractivity (Wildman–Crippen MR) is 73.5 cm³/mol. The molecule has 1 N–H and O–H groups in total. The van der Waals surface area contributed by atoms with Gasteiger partial charge < -0.3 is 9.52 Å². The Bertz CT molecular complexity index is 604. The first-order valence-electron chi connectivity index (χ1n) is 6.59. The van der Waals surface area contributed by atoms with E-state index in [1.807, 2.05) is 6.92 Å². The van der Waals surface area contributed by atoms with Crippen LogP contribution in [0.3, 0.4) is 0 Å². The molecule has 1 saturated heterocycles. The third kappa shape index (κ3) is 3.21. The second kappa shape index (κ2) is 5.57. The topological polar surface area (TPSA) is 87.8 Å². The number of aromatic carboxylic acids is 1. The lowest BCUT2D eigenvalue weighted by Gasteiger charge is -2.26. The average Bonchev–Trinajstić information content (AvgIpc) is 2.90. The lowest BCUT2D eigenvalue weighted by atomic mass is 10.1. The number of rotatable bonds is 5. The Morgan fingerprint density at radius 3 is 2.70 bits per heavy atom. The molecule has 1 fully saturated rings. The summed E-state index contributed by atoms with van der Waals surface area (Å²) >= 11 is 0. The fraction of sp³-hybridized carbons (Fsp3) is 0.615. The Balaban J connectivity index is 2.13. The molecule has 112 valence electrons. The van der Waals surface area contributed by atoms with Crippen molar-refractivity contribution in [3.8, 4) is 0 Å². The van der Waals surface area contributed by atoms with Gasteiger partial charge in [0.1, 0.15) is 5.76 Å². The number of aryl methyl sites for hydroxylation is 1. The fourth-order valence-electron chi connectivity index (χ4n) is 2.56. The van der Waals surface area contributed by atoms with Gasteiger partial charge in [-0.2, -0.15) is 0 Å². The minimum Gasteiger partial charge on any atom is -0.475 e. The molecule has 6 nitrogen and oxygen atoms in total. The average molecular weight is 301 g/mol. The van der Waals surface area contributed by atoms with Gasteiger partial charge in [0.25, 0.3) is 0 Å². The van der Waals surface area contributed by atoms with Crippen molar-refractivity contribution in [3.05, 3.63) is 23.2 Å². The van der Waals surface area contributed by atoms with E-state index in [0.29, 0.717) is 25.3 Å². The van der Waals surface area contributed by atoms with Crippen molar-refractivity contribution in [2.24, 2.45) is 0 Å². The molecule has 0 saturated carbocycles. The van der Waals surface area contributed by atoms with Gasteiger partial charge in [-0.25, -0.2) is 13.2 Å². The Labute approximate surface area is 118 Å². The Hall–Kier alpha value is -1.34. The molecule has 0 bridgehead atoms. The molecule has 7 heteroatoms. The molecule has 1 aromatic heterocycles. The molecule has 1 unspecified atom stereocenters. The van der Waals surface area contributed by atoms with Crippen molar-refractivity contribution in [1.82, 2.24) is 4.90 Å². The summed E-state index contributed by atoms with van der Waals surface area (Å²) in [7, 11) is -2.92. The fourth-order valence-corrected chi connectivity index (χ4v) is 4.33. The highest BCUT2D eigenvalue weighted by molar-refractivity contribution is 7.91. The first-order valence-corrected chi connectivity index (χ1v) is 8.41. The summed E-state index contributed by atoms with van der Waals surface area (Å²) in [6.45, 7) is 4.92. The van der Waals surface area contributed by atoms with Crippen LogP contribution in [0.15, 0.2) is 10.5 Å². The molecule has 20 heavy (non-hydrogen) atoms. The van der Waals surface area contributed by atoms with E-state index in [1.165, 1.54) is 6.07 Å². The van der Waals surface area contributed by atoms with E-state index < -0.39 is 15.8 Å². The summed E-state index contributed by atoms with van der Waals surface area (Å²) in [5, 5.41) is 8.91. The molecule has 2 rings (SSSR count). The normalized spacial score (nSPS) is 21.4. The first kappa shape index (κ1) is 15.1. The van der Waals surface area contributed by atoms with Gasteiger partial charge in [0.15, 0.2) is 9.84 Å². The Morgan fingerprint density at radius 2 is 2.25 bits per heavy atom. The van der Waals surface area contributed by atoms with Gasteiger partial charge in [-0.1, -0.05) is 6.92 Å². The van der Waals surface area contributed by atoms with Crippen LogP contribution < -0.4 is 0 Å². The number of sulfone groups is 1. The largest absolute Gasteiger partial charge is 0.475 e. The van der Waals surface area contributed by atoms with E-state index in [0.717, 1.165) is 5.56 Å². The van der Waals surface area contributed by atoms with Crippen molar-refractivity contribution >= 4 is 15.8 Å². The highest BCUT2D eigenvalue weighted by Crippen LogP contribution is 2.22. The SMILES string of the molecule is CCN(Cc1cc(C(=O)O)oc1C)C1CCS(=O)(=O)C1. The summed E-state index contributed by atoms with van der Waals surface area (Å²) < 4.78 is 28.3. The smallest absolute Gasteiger partial charge is 0.371 e. The molecule has 1 atom stereocenters. The third-order valence-electron chi connectivity index (χ3n) is 3.74. The van der Waals surface area contributed by atoms with Crippen LogP contribution in [0.2, 0.25) is 0 Å². The van der Waals surface area contributed by atoms with E-state index in [2.05, 4.69) is 4.90 Å². The summed E-state index contributed by atoms with van der Waals surface area (Å²) in [6.07, 6.45) is 0.638. The van der Waals surface area contributed by atoms with Gasteiger partial charge in [-0.05, 0) is 26.0 Å². The van der Waals surface area contributed by atoms with Crippen molar-refractivity contribution in [2.45, 2.75) is 32.9 Å². The van der Waals surface area contributed by atoms with Gasteiger partial charge in [-0.15, -0.1) is 0 Å². The summed E-state index contributed by atoms with van der Waals surface area (Å²) in [4.78, 5) is 12.9. The van der Waals surface area contributed by atoms with Crippen LogP contribution in [0.25, 0.3) is 0 Å². The standard InChI is InChI=1S/C13H19NO5S/c1-3-14(11-4-5-20(17,18)8-11)7-10-6-12(13(15)16)19-9(10)2/h6,11H,3-5,7-8H2,1-2H3,(H,15,16). The lowest BCUT2D eigenvalue weighted by molar-refractivity contribution is 0.0661. The maximum absolute atomic E-state index is 11.6. The summed E-state index contributed by atoms with van der Waals surface area (Å²) in [6, 6.07) is 1.52. The monoisotopic (exact) mass is 301 g/mol. The third-order valence-corrected chi connectivity index (χ3v) is 5.49. The lowest BCUT2D eigenvalue weighted by Crippen LogP contribution is -2.35. The van der Waals surface area contributed by atoms with Crippen molar-refractivity contribution in [2.75, 3.05) is 18.1 Å². The van der Waals surface area contributed by atoms with Gasteiger partial charge in [-0.3, -0.25) is 4.90 Å². The zero-order valence-electron chi connectivity index (χ0n) is 11.6. The van der Waals surface area contributed by atoms with Crippen LogP contribution in [0.1, 0.15) is 35.2 Å². The molecule has 0 aromatic carbocycles. The van der Waals surface area contributed by atoms with Gasteiger partial charge in [0.2, 0.25) is 5.76 Å². The van der Waals surface area contributed by atoms with Crippen molar-refractivity contribution in [1.29, 1.82) is 0 Å². The van der Waals surface area contributed by atoms with Crippen LogP contribution in [0.4, 0.5) is 0 Å². The Kier molecular flexibility index (Phi) is 4.19. The molecule has 0 spiro atoms. The van der Waals surface area contributed by atoms with E-state index in [-0.39, 0.29) is 23.3 Å². The van der Waals surface area contributed by atoms with Crippen LogP contribution in [0, 0.1) is 6.92 Å². The first-order chi connectivity index (χ1) is 9.32. The zero-order chi connectivity index (χ0) is 14.9. The number of hydrogen-bond donors (Lipinski definition) is 1. The minimum atomic E-state index is -2.92. The van der Waals surface area contributed by atoms with E-state index in [4.69, 9.17) is 9.52 Å². The van der Waals surface area contributed by atoms with E-state index in [9.17, 15) is 13.2 Å². The number of carbonyl (C=O) groups is 1. The van der Waals surface area contributed by atoms with Crippen molar-refractivity contribution < 1.29 is 22.7 Å². The van der Waals surface area contributed by atoms with Gasteiger partial charge in [0.05, 0.1) is 11.5 Å². The van der Waals surface area contributed by atoms with Crippen LogP contribution in [-0.4, -0.2) is 48.5 Å². The maximum atomic E-state index is 11.6. The van der Waals surface area contributed by atoms with Gasteiger partial charge in [0, 0.05) is 18.2 Å². The van der Waals surface area contributed by atoms with Crippen LogP contribution in [0.5, 0.6) is 0 Å². The molecule has 1 aliphatic heterocycles.